The van der Waals surface area contributed by atoms with Crippen LogP contribution in [0.3, 0.4) is 0 Å². The third-order valence-electron chi connectivity index (χ3n) is 4.17. The van der Waals surface area contributed by atoms with Gasteiger partial charge in [-0.25, -0.2) is 0 Å². The van der Waals surface area contributed by atoms with Crippen molar-refractivity contribution in [2.45, 2.75) is 19.8 Å². The van der Waals surface area contributed by atoms with Crippen LogP contribution in [-0.2, 0) is 4.79 Å². The van der Waals surface area contributed by atoms with Crippen molar-refractivity contribution in [3.05, 3.63) is 48.2 Å². The summed E-state index contributed by atoms with van der Waals surface area (Å²) in [7, 11) is 0. The molecule has 2 amide bonds. The van der Waals surface area contributed by atoms with Crippen LogP contribution in [0.4, 0.5) is 11.4 Å². The zero-order valence-corrected chi connectivity index (χ0v) is 14.7. The van der Waals surface area contributed by atoms with Crippen LogP contribution in [0.2, 0.25) is 0 Å². The van der Waals surface area contributed by atoms with Crippen molar-refractivity contribution in [2.24, 2.45) is 0 Å². The fourth-order valence-corrected chi connectivity index (χ4v) is 2.92. The van der Waals surface area contributed by atoms with Crippen LogP contribution in [0.5, 0.6) is 11.5 Å². The summed E-state index contributed by atoms with van der Waals surface area (Å²) in [6.45, 7) is 2.07. The highest BCUT2D eigenvalue weighted by atomic mass is 16.7. The number of fused-ring (bicyclic) bond motifs is 2. The van der Waals surface area contributed by atoms with Crippen molar-refractivity contribution >= 4 is 34.2 Å². The summed E-state index contributed by atoms with van der Waals surface area (Å²) in [5, 5.41) is 6.26. The smallest absolute Gasteiger partial charge is 0.293 e. The molecule has 2 heterocycles. The number of furan rings is 1. The van der Waals surface area contributed by atoms with Crippen molar-refractivity contribution < 1.29 is 23.5 Å². The number of hydrogen-bond donors (Lipinski definition) is 2. The van der Waals surface area contributed by atoms with Crippen LogP contribution >= 0.6 is 0 Å². The quantitative estimate of drug-likeness (QED) is 0.708. The highest BCUT2D eigenvalue weighted by Crippen LogP contribution is 2.35. The Labute approximate surface area is 155 Å². The van der Waals surface area contributed by atoms with E-state index in [2.05, 4.69) is 10.6 Å². The minimum absolute atomic E-state index is 0.0540. The molecule has 7 nitrogen and oxygen atoms in total. The molecule has 2 aromatic carbocycles. The van der Waals surface area contributed by atoms with Gasteiger partial charge in [-0.05, 0) is 30.7 Å². The number of amides is 2. The molecule has 0 unspecified atom stereocenters. The van der Waals surface area contributed by atoms with Gasteiger partial charge in [-0.1, -0.05) is 19.1 Å². The molecular weight excluding hydrogens is 348 g/mol. The van der Waals surface area contributed by atoms with E-state index in [-0.39, 0.29) is 18.5 Å². The van der Waals surface area contributed by atoms with Crippen LogP contribution < -0.4 is 20.1 Å². The Kier molecular flexibility index (Phi) is 4.42. The molecule has 1 aliphatic rings. The molecule has 0 saturated carbocycles. The maximum Gasteiger partial charge on any atom is 0.293 e. The lowest BCUT2D eigenvalue weighted by Crippen LogP contribution is -2.16. The average molecular weight is 366 g/mol. The second-order valence-corrected chi connectivity index (χ2v) is 6.12. The molecule has 3 aromatic rings. The van der Waals surface area contributed by atoms with Crippen LogP contribution in [0, 0.1) is 0 Å². The largest absolute Gasteiger partial charge is 0.454 e. The van der Waals surface area contributed by atoms with E-state index in [1.165, 1.54) is 0 Å². The van der Waals surface area contributed by atoms with Crippen LogP contribution in [0.15, 0.2) is 46.9 Å². The summed E-state index contributed by atoms with van der Waals surface area (Å²) in [5.74, 6) is 0.620. The van der Waals surface area contributed by atoms with Gasteiger partial charge in [-0.15, -0.1) is 0 Å². The van der Waals surface area contributed by atoms with E-state index in [1.807, 2.05) is 19.1 Å². The number of ether oxygens (including phenoxy) is 2. The maximum atomic E-state index is 12.8. The Balaban J connectivity index is 1.65. The van der Waals surface area contributed by atoms with Crippen LogP contribution in [0.25, 0.3) is 11.0 Å². The van der Waals surface area contributed by atoms with Gasteiger partial charge in [0.05, 0.1) is 0 Å². The zero-order chi connectivity index (χ0) is 18.8. The van der Waals surface area contributed by atoms with Crippen molar-refractivity contribution in [1.82, 2.24) is 0 Å². The molecule has 0 bridgehead atoms. The SMILES string of the molecule is CCCC(=O)Nc1c(C(=O)Nc2ccc3c(c2)OCO3)oc2ccccc12. The van der Waals surface area contributed by atoms with Gasteiger partial charge in [0.25, 0.3) is 5.91 Å². The Bertz CT molecular complexity index is 1020. The fourth-order valence-electron chi connectivity index (χ4n) is 2.92. The summed E-state index contributed by atoms with van der Waals surface area (Å²) in [6, 6.07) is 12.3. The van der Waals surface area contributed by atoms with E-state index >= 15 is 0 Å². The van der Waals surface area contributed by atoms with Crippen molar-refractivity contribution in [3.8, 4) is 11.5 Å². The summed E-state index contributed by atoms with van der Waals surface area (Å²) in [6.07, 6.45) is 1.07. The molecule has 0 radical (unpaired) electrons. The second kappa shape index (κ2) is 7.03. The molecule has 1 aliphatic heterocycles. The van der Waals surface area contributed by atoms with E-state index in [4.69, 9.17) is 13.9 Å². The maximum absolute atomic E-state index is 12.8. The first kappa shape index (κ1) is 17.0. The van der Waals surface area contributed by atoms with Gasteiger partial charge in [0, 0.05) is 23.6 Å². The molecular formula is C20H18N2O5. The van der Waals surface area contributed by atoms with Crippen LogP contribution in [0.1, 0.15) is 30.3 Å². The molecule has 1 aromatic heterocycles. The number of para-hydroxylation sites is 1. The molecule has 7 heteroatoms. The molecule has 2 N–H and O–H groups in total. The summed E-state index contributed by atoms with van der Waals surface area (Å²) in [5.41, 5.74) is 1.44. The Morgan fingerprint density at radius 3 is 2.70 bits per heavy atom. The predicted octanol–water partition coefficient (Wildman–Crippen LogP) is 4.15. The monoisotopic (exact) mass is 366 g/mol. The van der Waals surface area contributed by atoms with Gasteiger partial charge in [0.1, 0.15) is 11.3 Å². The lowest BCUT2D eigenvalue weighted by atomic mass is 10.2. The number of hydrogen-bond acceptors (Lipinski definition) is 5. The molecule has 0 atom stereocenters. The highest BCUT2D eigenvalue weighted by Gasteiger charge is 2.23. The van der Waals surface area contributed by atoms with Crippen molar-refractivity contribution in [2.75, 3.05) is 17.4 Å². The minimum atomic E-state index is -0.461. The number of rotatable bonds is 5. The van der Waals surface area contributed by atoms with Gasteiger partial charge in [-0.2, -0.15) is 0 Å². The predicted molar refractivity (Wildman–Crippen MR) is 100 cm³/mol. The summed E-state index contributed by atoms with van der Waals surface area (Å²) in [4.78, 5) is 24.9. The normalized spacial score (nSPS) is 12.2. The first-order valence-electron chi connectivity index (χ1n) is 8.68. The number of carbonyl (C=O) groups excluding carboxylic acids is 2. The summed E-state index contributed by atoms with van der Waals surface area (Å²) >= 11 is 0. The lowest BCUT2D eigenvalue weighted by molar-refractivity contribution is -0.116. The van der Waals surface area contributed by atoms with Crippen LogP contribution in [-0.4, -0.2) is 18.6 Å². The van der Waals surface area contributed by atoms with E-state index in [9.17, 15) is 9.59 Å². The van der Waals surface area contributed by atoms with Gasteiger partial charge in [-0.3, -0.25) is 9.59 Å². The van der Waals surface area contributed by atoms with E-state index < -0.39 is 5.91 Å². The van der Waals surface area contributed by atoms with Gasteiger partial charge in [0.15, 0.2) is 11.5 Å². The highest BCUT2D eigenvalue weighted by molar-refractivity contribution is 6.14. The summed E-state index contributed by atoms with van der Waals surface area (Å²) < 4.78 is 16.3. The third kappa shape index (κ3) is 3.31. The molecule has 0 aliphatic carbocycles. The second-order valence-electron chi connectivity index (χ2n) is 6.12. The number of nitrogens with one attached hydrogen (secondary N) is 2. The Hall–Kier alpha value is -3.48. The molecule has 0 fully saturated rings. The first-order valence-corrected chi connectivity index (χ1v) is 8.68. The fraction of sp³-hybridized carbons (Fsp3) is 0.200. The van der Waals surface area contributed by atoms with E-state index in [0.717, 1.165) is 0 Å². The molecule has 138 valence electrons. The van der Waals surface area contributed by atoms with Gasteiger partial charge in [0.2, 0.25) is 18.5 Å². The van der Waals surface area contributed by atoms with Crippen molar-refractivity contribution in [1.29, 1.82) is 0 Å². The molecule has 0 spiro atoms. The Morgan fingerprint density at radius 2 is 1.85 bits per heavy atom. The van der Waals surface area contributed by atoms with Gasteiger partial charge >= 0.3 is 0 Å². The lowest BCUT2D eigenvalue weighted by Gasteiger charge is -2.07. The molecule has 0 saturated heterocycles. The number of benzene rings is 2. The van der Waals surface area contributed by atoms with E-state index in [1.54, 1.807) is 30.3 Å². The number of anilines is 2. The topological polar surface area (TPSA) is 89.8 Å². The standard InChI is InChI=1S/C20H18N2O5/c1-2-5-17(23)22-18-13-6-3-4-7-14(13)27-19(18)20(24)21-12-8-9-15-16(10-12)26-11-25-15/h3-4,6-10H,2,5,11H2,1H3,(H,21,24)(H,22,23). The first-order chi connectivity index (χ1) is 13.2. The average Bonchev–Trinajstić information content (AvgIpc) is 3.26. The molecule has 27 heavy (non-hydrogen) atoms. The zero-order valence-electron chi connectivity index (χ0n) is 14.7. The van der Waals surface area contributed by atoms with Crippen molar-refractivity contribution in [3.63, 3.8) is 0 Å². The third-order valence-corrected chi connectivity index (χ3v) is 4.17. The Morgan fingerprint density at radius 1 is 1.04 bits per heavy atom. The van der Waals surface area contributed by atoms with Gasteiger partial charge < -0.3 is 24.5 Å². The number of carbonyl (C=O) groups is 2. The minimum Gasteiger partial charge on any atom is -0.454 e. The molecule has 4 rings (SSSR count). The van der Waals surface area contributed by atoms with E-state index in [0.29, 0.717) is 46.7 Å².